The molecule has 0 aliphatic heterocycles. The SMILES string of the molecule is C[C@H](CCNC(=O)CN(C)Cc1ccncc1)n1ccnc1. The summed E-state index contributed by atoms with van der Waals surface area (Å²) in [6.07, 6.45) is 9.92. The van der Waals surface area contributed by atoms with Crippen LogP contribution in [0, 0.1) is 0 Å². The molecule has 6 nitrogen and oxygen atoms in total. The summed E-state index contributed by atoms with van der Waals surface area (Å²) in [5, 5.41) is 2.97. The van der Waals surface area contributed by atoms with Gasteiger partial charge in [-0.1, -0.05) is 0 Å². The van der Waals surface area contributed by atoms with E-state index in [1.165, 1.54) is 0 Å². The largest absolute Gasteiger partial charge is 0.355 e. The van der Waals surface area contributed by atoms with Crippen LogP contribution in [0.25, 0.3) is 0 Å². The molecule has 0 bridgehead atoms. The van der Waals surface area contributed by atoms with Crippen molar-refractivity contribution in [2.45, 2.75) is 25.9 Å². The molecule has 0 aliphatic carbocycles. The number of rotatable bonds is 8. The Bertz CT molecular complexity index is 555. The zero-order chi connectivity index (χ0) is 15.8. The summed E-state index contributed by atoms with van der Waals surface area (Å²) >= 11 is 0. The first-order chi connectivity index (χ1) is 10.6. The smallest absolute Gasteiger partial charge is 0.234 e. The molecular formula is C16H23N5O. The van der Waals surface area contributed by atoms with E-state index >= 15 is 0 Å². The number of carbonyl (C=O) groups is 1. The maximum Gasteiger partial charge on any atom is 0.234 e. The fourth-order valence-corrected chi connectivity index (χ4v) is 2.26. The van der Waals surface area contributed by atoms with Gasteiger partial charge in [-0.25, -0.2) is 4.98 Å². The van der Waals surface area contributed by atoms with Crippen LogP contribution in [0.1, 0.15) is 24.9 Å². The highest BCUT2D eigenvalue weighted by Crippen LogP contribution is 2.08. The molecule has 1 amide bonds. The molecule has 1 N–H and O–H groups in total. The molecule has 6 heteroatoms. The minimum atomic E-state index is 0.0504. The molecular weight excluding hydrogens is 278 g/mol. The second-order valence-electron chi connectivity index (χ2n) is 5.53. The molecule has 1 atom stereocenters. The van der Waals surface area contributed by atoms with Crippen molar-refractivity contribution < 1.29 is 4.79 Å². The van der Waals surface area contributed by atoms with Gasteiger partial charge in [-0.3, -0.25) is 14.7 Å². The van der Waals surface area contributed by atoms with Crippen molar-refractivity contribution in [2.24, 2.45) is 0 Å². The van der Waals surface area contributed by atoms with Crippen LogP contribution in [0.2, 0.25) is 0 Å². The van der Waals surface area contributed by atoms with Gasteiger partial charge in [0.25, 0.3) is 0 Å². The van der Waals surface area contributed by atoms with E-state index in [0.29, 0.717) is 19.1 Å². The molecule has 22 heavy (non-hydrogen) atoms. The van der Waals surface area contributed by atoms with Crippen molar-refractivity contribution in [1.29, 1.82) is 0 Å². The second kappa shape index (κ2) is 8.29. The Hall–Kier alpha value is -2.21. The van der Waals surface area contributed by atoms with Crippen LogP contribution in [0.3, 0.4) is 0 Å². The molecule has 0 radical (unpaired) electrons. The van der Waals surface area contributed by atoms with E-state index in [1.54, 1.807) is 24.9 Å². The highest BCUT2D eigenvalue weighted by Gasteiger charge is 2.08. The Morgan fingerprint density at radius 1 is 1.32 bits per heavy atom. The van der Waals surface area contributed by atoms with E-state index in [0.717, 1.165) is 18.5 Å². The number of pyridine rings is 1. The van der Waals surface area contributed by atoms with Gasteiger partial charge >= 0.3 is 0 Å². The highest BCUT2D eigenvalue weighted by atomic mass is 16.2. The van der Waals surface area contributed by atoms with Crippen LogP contribution >= 0.6 is 0 Å². The third-order valence-corrected chi connectivity index (χ3v) is 3.53. The number of hydrogen-bond donors (Lipinski definition) is 1. The maximum atomic E-state index is 11.9. The lowest BCUT2D eigenvalue weighted by Gasteiger charge is -2.17. The monoisotopic (exact) mass is 301 g/mol. The van der Waals surface area contributed by atoms with Crippen LogP contribution in [0.4, 0.5) is 0 Å². The molecule has 118 valence electrons. The molecule has 0 saturated heterocycles. The van der Waals surface area contributed by atoms with Crippen molar-refractivity contribution >= 4 is 5.91 Å². The average molecular weight is 301 g/mol. The van der Waals surface area contributed by atoms with Crippen LogP contribution < -0.4 is 5.32 Å². The lowest BCUT2D eigenvalue weighted by Crippen LogP contribution is -2.35. The maximum absolute atomic E-state index is 11.9. The summed E-state index contributed by atoms with van der Waals surface area (Å²) < 4.78 is 2.04. The standard InChI is InChI=1S/C16H23N5O/c1-14(21-10-9-18-13-21)3-8-19-16(22)12-20(2)11-15-4-6-17-7-5-15/h4-7,9-10,13-14H,3,8,11-12H2,1-2H3,(H,19,22)/t14-/m1/s1. The third kappa shape index (κ3) is 5.29. The zero-order valence-electron chi connectivity index (χ0n) is 13.1. The summed E-state index contributed by atoms with van der Waals surface area (Å²) in [5.41, 5.74) is 1.15. The van der Waals surface area contributed by atoms with Gasteiger partial charge in [-0.05, 0) is 38.1 Å². The van der Waals surface area contributed by atoms with Crippen molar-refractivity contribution in [3.63, 3.8) is 0 Å². The van der Waals surface area contributed by atoms with Gasteiger partial charge in [-0.15, -0.1) is 0 Å². The molecule has 0 unspecified atom stereocenters. The van der Waals surface area contributed by atoms with Crippen LogP contribution in [-0.2, 0) is 11.3 Å². The molecule has 0 aliphatic rings. The Labute approximate surface area is 131 Å². The third-order valence-electron chi connectivity index (χ3n) is 3.53. The highest BCUT2D eigenvalue weighted by molar-refractivity contribution is 5.77. The summed E-state index contributed by atoms with van der Waals surface area (Å²) in [6.45, 7) is 3.91. The number of carbonyl (C=O) groups excluding carboxylic acids is 1. The zero-order valence-corrected chi connectivity index (χ0v) is 13.1. The number of aromatic nitrogens is 3. The van der Waals surface area contributed by atoms with Crippen molar-refractivity contribution in [2.75, 3.05) is 20.1 Å². The van der Waals surface area contributed by atoms with E-state index < -0.39 is 0 Å². The number of likely N-dealkylation sites (N-methyl/N-ethyl adjacent to an activating group) is 1. The van der Waals surface area contributed by atoms with Gasteiger partial charge in [0.2, 0.25) is 5.91 Å². The fraction of sp³-hybridized carbons (Fsp3) is 0.438. The van der Waals surface area contributed by atoms with Gasteiger partial charge in [0, 0.05) is 43.9 Å². The Morgan fingerprint density at radius 2 is 2.09 bits per heavy atom. The summed E-state index contributed by atoms with van der Waals surface area (Å²) in [4.78, 5) is 21.9. The lowest BCUT2D eigenvalue weighted by atomic mass is 10.2. The fourth-order valence-electron chi connectivity index (χ4n) is 2.26. The predicted molar refractivity (Wildman–Crippen MR) is 85.1 cm³/mol. The van der Waals surface area contributed by atoms with Crippen molar-refractivity contribution in [3.8, 4) is 0 Å². The van der Waals surface area contributed by atoms with Crippen molar-refractivity contribution in [1.82, 2.24) is 24.8 Å². The van der Waals surface area contributed by atoms with E-state index in [-0.39, 0.29) is 5.91 Å². The summed E-state index contributed by atoms with van der Waals surface area (Å²) in [5.74, 6) is 0.0504. The van der Waals surface area contributed by atoms with Gasteiger partial charge in [0.1, 0.15) is 0 Å². The minimum absolute atomic E-state index is 0.0504. The van der Waals surface area contributed by atoms with Crippen LogP contribution in [-0.4, -0.2) is 45.5 Å². The topological polar surface area (TPSA) is 63.1 Å². The van der Waals surface area contributed by atoms with Gasteiger partial charge < -0.3 is 9.88 Å². The van der Waals surface area contributed by atoms with E-state index in [4.69, 9.17) is 0 Å². The molecule has 0 fully saturated rings. The van der Waals surface area contributed by atoms with Crippen LogP contribution in [0.5, 0.6) is 0 Å². The predicted octanol–water partition coefficient (Wildman–Crippen LogP) is 1.48. The molecule has 2 aromatic rings. The molecule has 0 spiro atoms. The Balaban J connectivity index is 1.65. The normalized spacial score (nSPS) is 12.3. The van der Waals surface area contributed by atoms with Crippen molar-refractivity contribution in [3.05, 3.63) is 48.8 Å². The molecule has 2 rings (SSSR count). The number of amides is 1. The number of nitrogens with one attached hydrogen (secondary N) is 1. The lowest BCUT2D eigenvalue weighted by molar-refractivity contribution is -0.122. The quantitative estimate of drug-likeness (QED) is 0.802. The summed E-state index contributed by atoms with van der Waals surface area (Å²) in [7, 11) is 1.94. The second-order valence-corrected chi connectivity index (χ2v) is 5.53. The van der Waals surface area contributed by atoms with E-state index in [2.05, 4.69) is 22.2 Å². The Morgan fingerprint density at radius 3 is 2.77 bits per heavy atom. The van der Waals surface area contributed by atoms with E-state index in [9.17, 15) is 4.79 Å². The molecule has 0 saturated carbocycles. The Kier molecular flexibility index (Phi) is 6.09. The first-order valence-electron chi connectivity index (χ1n) is 7.46. The molecule has 2 aromatic heterocycles. The average Bonchev–Trinajstić information content (AvgIpc) is 3.02. The molecule has 0 aromatic carbocycles. The van der Waals surface area contributed by atoms with E-state index in [1.807, 2.05) is 34.8 Å². The first kappa shape index (κ1) is 16.2. The number of nitrogens with zero attached hydrogens (tertiary/aromatic N) is 4. The molecule has 2 heterocycles. The van der Waals surface area contributed by atoms with Gasteiger partial charge in [0.05, 0.1) is 12.9 Å². The van der Waals surface area contributed by atoms with Gasteiger partial charge in [-0.2, -0.15) is 0 Å². The van der Waals surface area contributed by atoms with Gasteiger partial charge in [0.15, 0.2) is 0 Å². The summed E-state index contributed by atoms with van der Waals surface area (Å²) in [6, 6.07) is 4.25. The minimum Gasteiger partial charge on any atom is -0.355 e. The van der Waals surface area contributed by atoms with Crippen LogP contribution in [0.15, 0.2) is 43.2 Å². The number of hydrogen-bond acceptors (Lipinski definition) is 4. The first-order valence-corrected chi connectivity index (χ1v) is 7.46. The number of imidazole rings is 1.